The summed E-state index contributed by atoms with van der Waals surface area (Å²) in [5, 5.41) is 0. The first-order chi connectivity index (χ1) is 6.63. The molecule has 0 spiro atoms. The molecule has 1 aliphatic carbocycles. The summed E-state index contributed by atoms with van der Waals surface area (Å²) >= 11 is 0. The molecule has 0 aromatic heterocycles. The summed E-state index contributed by atoms with van der Waals surface area (Å²) in [5.74, 6) is 0.574. The second-order valence-electron chi connectivity index (χ2n) is 3.96. The van der Waals surface area contributed by atoms with E-state index in [1.165, 1.54) is 12.8 Å². The van der Waals surface area contributed by atoms with Crippen molar-refractivity contribution >= 4 is 5.97 Å². The predicted octanol–water partition coefficient (Wildman–Crippen LogP) is 1.45. The lowest BCUT2D eigenvalue weighted by Crippen LogP contribution is -2.26. The fourth-order valence-electron chi connectivity index (χ4n) is 1.43. The molecule has 0 bridgehead atoms. The Kier molecular flexibility index (Phi) is 4.14. The summed E-state index contributed by atoms with van der Waals surface area (Å²) < 4.78 is 4.86. The van der Waals surface area contributed by atoms with Crippen molar-refractivity contribution in [2.45, 2.75) is 19.8 Å². The maximum atomic E-state index is 11.2. The Balaban J connectivity index is 2.20. The summed E-state index contributed by atoms with van der Waals surface area (Å²) in [4.78, 5) is 13.4. The number of rotatable bonds is 6. The van der Waals surface area contributed by atoms with E-state index < -0.39 is 0 Å². The highest BCUT2D eigenvalue weighted by Gasteiger charge is 2.23. The molecule has 3 heteroatoms. The lowest BCUT2D eigenvalue weighted by molar-refractivity contribution is -0.138. The standard InChI is InChI=1S/C11H19NO2/c1-4-14-11(13)9(2)7-12(3)8-10-5-6-10/h10H,2,4-8H2,1,3H3. The lowest BCUT2D eigenvalue weighted by atomic mass is 10.2. The van der Waals surface area contributed by atoms with Gasteiger partial charge in [0.1, 0.15) is 0 Å². The molecule has 0 aromatic carbocycles. The van der Waals surface area contributed by atoms with E-state index >= 15 is 0 Å². The number of hydrogen-bond acceptors (Lipinski definition) is 3. The molecule has 1 rings (SSSR count). The minimum absolute atomic E-state index is 0.268. The van der Waals surface area contributed by atoms with Gasteiger partial charge in [-0.05, 0) is 32.7 Å². The van der Waals surface area contributed by atoms with Crippen LogP contribution in [0.1, 0.15) is 19.8 Å². The third-order valence-corrected chi connectivity index (χ3v) is 2.29. The van der Waals surface area contributed by atoms with E-state index in [0.29, 0.717) is 18.7 Å². The van der Waals surface area contributed by atoms with Crippen molar-refractivity contribution in [3.8, 4) is 0 Å². The van der Waals surface area contributed by atoms with Gasteiger partial charge in [0, 0.05) is 18.7 Å². The summed E-state index contributed by atoms with van der Waals surface area (Å²) in [7, 11) is 2.02. The molecule has 1 saturated carbocycles. The van der Waals surface area contributed by atoms with Crippen molar-refractivity contribution in [3.05, 3.63) is 12.2 Å². The molecule has 0 amide bonds. The van der Waals surface area contributed by atoms with Crippen molar-refractivity contribution in [3.63, 3.8) is 0 Å². The number of nitrogens with zero attached hydrogens (tertiary/aromatic N) is 1. The van der Waals surface area contributed by atoms with Crippen molar-refractivity contribution in [2.75, 3.05) is 26.7 Å². The Bertz CT molecular complexity index is 221. The first-order valence-corrected chi connectivity index (χ1v) is 5.17. The highest BCUT2D eigenvalue weighted by atomic mass is 16.5. The average molecular weight is 197 g/mol. The van der Waals surface area contributed by atoms with Crippen LogP contribution < -0.4 is 0 Å². The summed E-state index contributed by atoms with van der Waals surface area (Å²) in [5.41, 5.74) is 0.551. The molecule has 1 aliphatic rings. The Morgan fingerprint density at radius 2 is 2.21 bits per heavy atom. The first-order valence-electron chi connectivity index (χ1n) is 5.17. The van der Waals surface area contributed by atoms with Gasteiger partial charge in [0.15, 0.2) is 0 Å². The quantitative estimate of drug-likeness (QED) is 0.477. The predicted molar refractivity (Wildman–Crippen MR) is 56.0 cm³/mol. The van der Waals surface area contributed by atoms with Gasteiger partial charge in [-0.2, -0.15) is 0 Å². The Morgan fingerprint density at radius 1 is 1.57 bits per heavy atom. The Hall–Kier alpha value is -0.830. The van der Waals surface area contributed by atoms with E-state index in [4.69, 9.17) is 4.74 Å². The van der Waals surface area contributed by atoms with Gasteiger partial charge in [0.2, 0.25) is 0 Å². The van der Waals surface area contributed by atoms with Gasteiger partial charge in [-0.1, -0.05) is 6.58 Å². The number of likely N-dealkylation sites (N-methyl/N-ethyl adjacent to an activating group) is 1. The Morgan fingerprint density at radius 3 is 2.71 bits per heavy atom. The van der Waals surface area contributed by atoms with Gasteiger partial charge in [-0.3, -0.25) is 0 Å². The maximum absolute atomic E-state index is 11.2. The van der Waals surface area contributed by atoms with E-state index in [1.54, 1.807) is 6.92 Å². The van der Waals surface area contributed by atoms with Gasteiger partial charge >= 0.3 is 5.97 Å². The fraction of sp³-hybridized carbons (Fsp3) is 0.727. The third-order valence-electron chi connectivity index (χ3n) is 2.29. The van der Waals surface area contributed by atoms with Crippen molar-refractivity contribution < 1.29 is 9.53 Å². The molecule has 0 heterocycles. The monoisotopic (exact) mass is 197 g/mol. The molecular weight excluding hydrogens is 178 g/mol. The zero-order chi connectivity index (χ0) is 10.6. The van der Waals surface area contributed by atoms with E-state index in [-0.39, 0.29) is 5.97 Å². The number of ether oxygens (including phenoxy) is 1. The van der Waals surface area contributed by atoms with Gasteiger partial charge in [-0.15, -0.1) is 0 Å². The second-order valence-corrected chi connectivity index (χ2v) is 3.96. The normalized spacial score (nSPS) is 15.6. The molecule has 14 heavy (non-hydrogen) atoms. The number of carbonyl (C=O) groups excluding carboxylic acids is 1. The van der Waals surface area contributed by atoms with Crippen LogP contribution in [0.15, 0.2) is 12.2 Å². The molecule has 0 saturated heterocycles. The summed E-state index contributed by atoms with van der Waals surface area (Å²) in [6.07, 6.45) is 2.66. The van der Waals surface area contributed by atoms with Crippen LogP contribution in [-0.4, -0.2) is 37.6 Å². The van der Waals surface area contributed by atoms with Gasteiger partial charge in [0.05, 0.1) is 6.61 Å². The molecular formula is C11H19NO2. The van der Waals surface area contributed by atoms with Crippen molar-refractivity contribution in [1.82, 2.24) is 4.90 Å². The van der Waals surface area contributed by atoms with Crippen LogP contribution in [0.25, 0.3) is 0 Å². The zero-order valence-corrected chi connectivity index (χ0v) is 9.08. The fourth-order valence-corrected chi connectivity index (χ4v) is 1.43. The van der Waals surface area contributed by atoms with Gasteiger partial charge in [-0.25, -0.2) is 4.79 Å². The number of hydrogen-bond donors (Lipinski definition) is 0. The van der Waals surface area contributed by atoms with Crippen LogP contribution in [0.3, 0.4) is 0 Å². The number of esters is 1. The highest BCUT2D eigenvalue weighted by molar-refractivity contribution is 5.88. The van der Waals surface area contributed by atoms with Crippen LogP contribution >= 0.6 is 0 Å². The zero-order valence-electron chi connectivity index (χ0n) is 9.08. The molecule has 0 unspecified atom stereocenters. The summed E-state index contributed by atoms with van der Waals surface area (Å²) in [6, 6.07) is 0. The Labute approximate surface area is 85.7 Å². The second kappa shape index (κ2) is 5.15. The SMILES string of the molecule is C=C(CN(C)CC1CC1)C(=O)OCC. The average Bonchev–Trinajstić information content (AvgIpc) is 2.88. The van der Waals surface area contributed by atoms with Gasteiger partial charge in [0.25, 0.3) is 0 Å². The van der Waals surface area contributed by atoms with Crippen LogP contribution in [0, 0.1) is 5.92 Å². The third kappa shape index (κ3) is 3.92. The molecule has 3 nitrogen and oxygen atoms in total. The van der Waals surface area contributed by atoms with E-state index in [1.807, 2.05) is 7.05 Å². The molecule has 0 aromatic rings. The van der Waals surface area contributed by atoms with Crippen molar-refractivity contribution in [2.24, 2.45) is 5.92 Å². The van der Waals surface area contributed by atoms with E-state index in [2.05, 4.69) is 11.5 Å². The lowest BCUT2D eigenvalue weighted by Gasteiger charge is -2.16. The van der Waals surface area contributed by atoms with E-state index in [0.717, 1.165) is 12.5 Å². The smallest absolute Gasteiger partial charge is 0.334 e. The maximum Gasteiger partial charge on any atom is 0.334 e. The van der Waals surface area contributed by atoms with Crippen LogP contribution in [0.4, 0.5) is 0 Å². The molecule has 0 aliphatic heterocycles. The summed E-state index contributed by atoms with van der Waals surface area (Å²) in [6.45, 7) is 7.64. The van der Waals surface area contributed by atoms with Crippen LogP contribution in [-0.2, 0) is 9.53 Å². The molecule has 0 radical (unpaired) electrons. The largest absolute Gasteiger partial charge is 0.463 e. The molecule has 80 valence electrons. The molecule has 1 fully saturated rings. The van der Waals surface area contributed by atoms with Crippen LogP contribution in [0.5, 0.6) is 0 Å². The molecule has 0 N–H and O–H groups in total. The van der Waals surface area contributed by atoms with E-state index in [9.17, 15) is 4.79 Å². The molecule has 0 atom stereocenters. The van der Waals surface area contributed by atoms with Crippen LogP contribution in [0.2, 0.25) is 0 Å². The topological polar surface area (TPSA) is 29.5 Å². The first kappa shape index (κ1) is 11.2. The minimum Gasteiger partial charge on any atom is -0.463 e. The minimum atomic E-state index is -0.268. The highest BCUT2D eigenvalue weighted by Crippen LogP contribution is 2.29. The van der Waals surface area contributed by atoms with Crippen molar-refractivity contribution in [1.29, 1.82) is 0 Å². The van der Waals surface area contributed by atoms with Gasteiger partial charge < -0.3 is 9.64 Å². The number of carbonyl (C=O) groups is 1.